The standard InChI is InChI=1S/C20H22N2O3S/c1-15-4-10-19(16(2)14-15)21-20(23)11-7-17-5-8-18(9-6-17)22-12-3-13-26(22,24)25/h4-11,14H,3,12-13H2,1-2H3,(H,21,23)/b11-7+. The fraction of sp³-hybridized carbons (Fsp3) is 0.250. The van der Waals surface area contributed by atoms with Crippen molar-refractivity contribution in [3.05, 3.63) is 65.2 Å². The maximum Gasteiger partial charge on any atom is 0.248 e. The summed E-state index contributed by atoms with van der Waals surface area (Å²) in [4.78, 5) is 12.1. The number of amides is 1. The van der Waals surface area contributed by atoms with E-state index in [9.17, 15) is 13.2 Å². The van der Waals surface area contributed by atoms with Gasteiger partial charge in [0.05, 0.1) is 11.4 Å². The minimum Gasteiger partial charge on any atom is -0.322 e. The highest BCUT2D eigenvalue weighted by Gasteiger charge is 2.28. The Morgan fingerprint density at radius 2 is 1.85 bits per heavy atom. The largest absolute Gasteiger partial charge is 0.322 e. The molecule has 2 aromatic carbocycles. The Morgan fingerprint density at radius 3 is 2.46 bits per heavy atom. The van der Waals surface area contributed by atoms with Gasteiger partial charge in [0.1, 0.15) is 0 Å². The van der Waals surface area contributed by atoms with E-state index < -0.39 is 10.0 Å². The molecule has 6 heteroatoms. The lowest BCUT2D eigenvalue weighted by Gasteiger charge is -2.16. The fourth-order valence-electron chi connectivity index (χ4n) is 2.98. The van der Waals surface area contributed by atoms with E-state index in [2.05, 4.69) is 5.32 Å². The van der Waals surface area contributed by atoms with E-state index in [1.54, 1.807) is 18.2 Å². The van der Waals surface area contributed by atoms with Gasteiger partial charge in [-0.25, -0.2) is 8.42 Å². The number of rotatable bonds is 4. The summed E-state index contributed by atoms with van der Waals surface area (Å²) in [6, 6.07) is 13.0. The summed E-state index contributed by atoms with van der Waals surface area (Å²) in [6.45, 7) is 4.49. The summed E-state index contributed by atoms with van der Waals surface area (Å²) in [5.41, 5.74) is 4.46. The zero-order chi connectivity index (χ0) is 18.7. The Kier molecular flexibility index (Phi) is 5.13. The molecule has 5 nitrogen and oxygen atoms in total. The molecule has 1 fully saturated rings. The quantitative estimate of drug-likeness (QED) is 0.838. The smallest absolute Gasteiger partial charge is 0.248 e. The van der Waals surface area contributed by atoms with Crippen LogP contribution in [-0.2, 0) is 14.8 Å². The number of nitrogens with zero attached hydrogens (tertiary/aromatic N) is 1. The van der Waals surface area contributed by atoms with E-state index >= 15 is 0 Å². The van der Waals surface area contributed by atoms with Crippen LogP contribution in [0.1, 0.15) is 23.1 Å². The zero-order valence-electron chi connectivity index (χ0n) is 14.9. The number of nitrogens with one attached hydrogen (secondary N) is 1. The van der Waals surface area contributed by atoms with Crippen molar-refractivity contribution in [1.29, 1.82) is 0 Å². The van der Waals surface area contributed by atoms with Gasteiger partial charge in [-0.15, -0.1) is 0 Å². The van der Waals surface area contributed by atoms with Crippen LogP contribution < -0.4 is 9.62 Å². The monoisotopic (exact) mass is 370 g/mol. The van der Waals surface area contributed by atoms with E-state index in [-0.39, 0.29) is 11.7 Å². The predicted octanol–water partition coefficient (Wildman–Crippen LogP) is 3.50. The van der Waals surface area contributed by atoms with Crippen molar-refractivity contribution in [3.63, 3.8) is 0 Å². The van der Waals surface area contributed by atoms with Crippen molar-refractivity contribution in [3.8, 4) is 0 Å². The van der Waals surface area contributed by atoms with Gasteiger partial charge < -0.3 is 5.32 Å². The molecule has 1 saturated heterocycles. The number of benzene rings is 2. The van der Waals surface area contributed by atoms with Crippen LogP contribution >= 0.6 is 0 Å². The molecule has 0 spiro atoms. The van der Waals surface area contributed by atoms with Crippen molar-refractivity contribution in [2.75, 3.05) is 21.9 Å². The lowest BCUT2D eigenvalue weighted by atomic mass is 10.1. The van der Waals surface area contributed by atoms with Gasteiger partial charge in [0.25, 0.3) is 0 Å². The highest BCUT2D eigenvalue weighted by Crippen LogP contribution is 2.24. The van der Waals surface area contributed by atoms with E-state index in [0.29, 0.717) is 18.7 Å². The van der Waals surface area contributed by atoms with Crippen molar-refractivity contribution in [1.82, 2.24) is 0 Å². The molecular weight excluding hydrogens is 348 g/mol. The molecule has 0 unspecified atom stereocenters. The van der Waals surface area contributed by atoms with Gasteiger partial charge in [0, 0.05) is 18.3 Å². The van der Waals surface area contributed by atoms with Gasteiger partial charge >= 0.3 is 0 Å². The highest BCUT2D eigenvalue weighted by atomic mass is 32.2. The first-order valence-electron chi connectivity index (χ1n) is 8.52. The zero-order valence-corrected chi connectivity index (χ0v) is 15.7. The Labute approximate surface area is 154 Å². The van der Waals surface area contributed by atoms with Gasteiger partial charge in [-0.05, 0) is 55.7 Å². The van der Waals surface area contributed by atoms with Crippen molar-refractivity contribution < 1.29 is 13.2 Å². The maximum atomic E-state index is 12.1. The van der Waals surface area contributed by atoms with Crippen LogP contribution in [0.25, 0.3) is 6.08 Å². The van der Waals surface area contributed by atoms with E-state index in [1.807, 2.05) is 44.2 Å². The average Bonchev–Trinajstić information content (AvgIpc) is 2.95. The predicted molar refractivity (Wildman–Crippen MR) is 106 cm³/mol. The normalized spacial score (nSPS) is 16.2. The number of aryl methyl sites for hydroxylation is 2. The van der Waals surface area contributed by atoms with Crippen LogP contribution in [-0.4, -0.2) is 26.6 Å². The molecule has 1 heterocycles. The molecule has 0 aromatic heterocycles. The third-order valence-electron chi connectivity index (χ3n) is 4.35. The summed E-state index contributed by atoms with van der Waals surface area (Å²) in [7, 11) is -3.17. The van der Waals surface area contributed by atoms with Crippen LogP contribution in [0.4, 0.5) is 11.4 Å². The summed E-state index contributed by atoms with van der Waals surface area (Å²) in [5, 5.41) is 2.86. The highest BCUT2D eigenvalue weighted by molar-refractivity contribution is 7.93. The number of hydrogen-bond donors (Lipinski definition) is 1. The van der Waals surface area contributed by atoms with Crippen molar-refractivity contribution in [2.24, 2.45) is 0 Å². The van der Waals surface area contributed by atoms with Gasteiger partial charge in [-0.1, -0.05) is 29.8 Å². The first-order valence-corrected chi connectivity index (χ1v) is 10.1. The molecule has 2 aromatic rings. The van der Waals surface area contributed by atoms with Crippen LogP contribution in [0.3, 0.4) is 0 Å². The van der Waals surface area contributed by atoms with Crippen LogP contribution in [0, 0.1) is 13.8 Å². The van der Waals surface area contributed by atoms with E-state index in [1.165, 1.54) is 10.4 Å². The molecule has 1 aliphatic heterocycles. The lowest BCUT2D eigenvalue weighted by molar-refractivity contribution is -0.111. The summed E-state index contributed by atoms with van der Waals surface area (Å²) >= 11 is 0. The first-order chi connectivity index (χ1) is 12.3. The molecule has 1 N–H and O–H groups in total. The fourth-order valence-corrected chi connectivity index (χ4v) is 4.55. The number of sulfonamides is 1. The third kappa shape index (κ3) is 4.14. The number of hydrogen-bond acceptors (Lipinski definition) is 3. The van der Waals surface area contributed by atoms with Crippen molar-refractivity contribution >= 4 is 33.4 Å². The Morgan fingerprint density at radius 1 is 1.12 bits per heavy atom. The molecule has 0 radical (unpaired) electrons. The molecule has 0 saturated carbocycles. The second-order valence-electron chi connectivity index (χ2n) is 6.47. The third-order valence-corrected chi connectivity index (χ3v) is 6.22. The maximum absolute atomic E-state index is 12.1. The van der Waals surface area contributed by atoms with Gasteiger partial charge in [-0.3, -0.25) is 9.10 Å². The molecule has 0 bridgehead atoms. The van der Waals surface area contributed by atoms with Crippen molar-refractivity contribution in [2.45, 2.75) is 20.3 Å². The average molecular weight is 370 g/mol. The van der Waals surface area contributed by atoms with E-state index in [0.717, 1.165) is 22.4 Å². The molecule has 1 aliphatic rings. The Hall–Kier alpha value is -2.60. The molecular formula is C20H22N2O3S. The number of carbonyl (C=O) groups excluding carboxylic acids is 1. The van der Waals surface area contributed by atoms with Crippen LogP contribution in [0.5, 0.6) is 0 Å². The first kappa shape index (κ1) is 18.2. The molecule has 3 rings (SSSR count). The Bertz CT molecular complexity index is 948. The number of carbonyl (C=O) groups is 1. The van der Waals surface area contributed by atoms with Gasteiger partial charge in [0.15, 0.2) is 0 Å². The van der Waals surface area contributed by atoms with Gasteiger partial charge in [-0.2, -0.15) is 0 Å². The molecule has 136 valence electrons. The molecule has 0 atom stereocenters. The molecule has 26 heavy (non-hydrogen) atoms. The van der Waals surface area contributed by atoms with Crippen LogP contribution in [0.2, 0.25) is 0 Å². The SMILES string of the molecule is Cc1ccc(NC(=O)/C=C/c2ccc(N3CCCS3(=O)=O)cc2)c(C)c1. The summed E-state index contributed by atoms with van der Waals surface area (Å²) < 4.78 is 25.3. The Balaban J connectivity index is 1.66. The molecule has 0 aliphatic carbocycles. The second kappa shape index (κ2) is 7.33. The number of anilines is 2. The minimum atomic E-state index is -3.17. The van der Waals surface area contributed by atoms with E-state index in [4.69, 9.17) is 0 Å². The summed E-state index contributed by atoms with van der Waals surface area (Å²) in [5.74, 6) is -0.00378. The van der Waals surface area contributed by atoms with Crippen LogP contribution in [0.15, 0.2) is 48.5 Å². The second-order valence-corrected chi connectivity index (χ2v) is 8.49. The topological polar surface area (TPSA) is 66.5 Å². The molecule has 1 amide bonds. The lowest BCUT2D eigenvalue weighted by Crippen LogP contribution is -2.24. The van der Waals surface area contributed by atoms with Gasteiger partial charge in [0.2, 0.25) is 15.9 Å². The summed E-state index contributed by atoms with van der Waals surface area (Å²) in [6.07, 6.45) is 3.84. The minimum absolute atomic E-state index is 0.202.